The van der Waals surface area contributed by atoms with E-state index >= 15 is 0 Å². The summed E-state index contributed by atoms with van der Waals surface area (Å²) in [5, 5.41) is 7.66. The fourth-order valence-corrected chi connectivity index (χ4v) is 1.62. The number of aryl methyl sites for hydroxylation is 1. The van der Waals surface area contributed by atoms with Gasteiger partial charge in [0.05, 0.1) is 10.2 Å². The van der Waals surface area contributed by atoms with Crippen LogP contribution >= 0.6 is 28.3 Å². The lowest BCUT2D eigenvalue weighted by Crippen LogP contribution is -2.19. The first-order valence-electron chi connectivity index (χ1n) is 4.48. The van der Waals surface area contributed by atoms with Crippen molar-refractivity contribution in [3.8, 4) is 0 Å². The molecule has 0 radical (unpaired) electrons. The molecule has 14 heavy (non-hydrogen) atoms. The minimum absolute atomic E-state index is 0. The normalized spacial score (nSPS) is 10.4. The molecule has 0 bridgehead atoms. The maximum Gasteiger partial charge on any atom is 0.0904 e. The molecule has 0 saturated carbocycles. The summed E-state index contributed by atoms with van der Waals surface area (Å²) in [6, 6.07) is 0. The van der Waals surface area contributed by atoms with Crippen LogP contribution in [0.15, 0.2) is 10.7 Å². The van der Waals surface area contributed by atoms with E-state index in [1.807, 2.05) is 17.9 Å². The van der Waals surface area contributed by atoms with Crippen LogP contribution in [0.5, 0.6) is 0 Å². The van der Waals surface area contributed by atoms with Gasteiger partial charge in [0.25, 0.3) is 0 Å². The standard InChI is InChI=1S/C9H16BrN3.ClH/c1-7(2)4-11-5-9-8(10)6-13(3)12-9;/h6-7,11H,4-5H2,1-3H3;1H. The van der Waals surface area contributed by atoms with Crippen LogP contribution in [0.2, 0.25) is 0 Å². The SMILES string of the molecule is CC(C)CNCc1nn(C)cc1Br.Cl. The van der Waals surface area contributed by atoms with Crippen LogP contribution < -0.4 is 5.32 Å². The second kappa shape index (κ2) is 6.43. The predicted octanol–water partition coefficient (Wildman–Crippen LogP) is 2.35. The molecule has 0 aliphatic heterocycles. The van der Waals surface area contributed by atoms with Gasteiger partial charge in [-0.1, -0.05) is 13.8 Å². The van der Waals surface area contributed by atoms with Gasteiger partial charge in [0.1, 0.15) is 0 Å². The maximum absolute atomic E-state index is 4.31. The average molecular weight is 283 g/mol. The van der Waals surface area contributed by atoms with Crippen LogP contribution in [0, 0.1) is 5.92 Å². The summed E-state index contributed by atoms with van der Waals surface area (Å²) in [5.41, 5.74) is 1.07. The first kappa shape index (κ1) is 13.9. The number of hydrogen-bond donors (Lipinski definition) is 1. The number of nitrogens with zero attached hydrogens (tertiary/aromatic N) is 2. The molecule has 0 aromatic carbocycles. The van der Waals surface area contributed by atoms with Gasteiger partial charge in [0.15, 0.2) is 0 Å². The molecule has 1 heterocycles. The van der Waals surface area contributed by atoms with E-state index in [-0.39, 0.29) is 12.4 Å². The topological polar surface area (TPSA) is 29.9 Å². The Morgan fingerprint density at radius 3 is 2.64 bits per heavy atom. The average Bonchev–Trinajstić information content (AvgIpc) is 2.29. The van der Waals surface area contributed by atoms with Crippen molar-refractivity contribution in [1.29, 1.82) is 0 Å². The van der Waals surface area contributed by atoms with E-state index < -0.39 is 0 Å². The molecule has 5 heteroatoms. The quantitative estimate of drug-likeness (QED) is 0.919. The summed E-state index contributed by atoms with van der Waals surface area (Å²) in [7, 11) is 1.93. The van der Waals surface area contributed by atoms with Gasteiger partial charge in [-0.05, 0) is 28.4 Å². The van der Waals surface area contributed by atoms with Crippen LogP contribution in [-0.2, 0) is 13.6 Å². The summed E-state index contributed by atoms with van der Waals surface area (Å²) in [5.74, 6) is 0.683. The van der Waals surface area contributed by atoms with E-state index in [0.29, 0.717) is 5.92 Å². The zero-order valence-corrected chi connectivity index (χ0v) is 11.2. The van der Waals surface area contributed by atoms with Crippen LogP contribution in [0.1, 0.15) is 19.5 Å². The summed E-state index contributed by atoms with van der Waals surface area (Å²) in [6.45, 7) is 6.25. The summed E-state index contributed by atoms with van der Waals surface area (Å²) >= 11 is 3.46. The third-order valence-corrected chi connectivity index (χ3v) is 2.36. The van der Waals surface area contributed by atoms with E-state index in [4.69, 9.17) is 0 Å². The molecule has 3 nitrogen and oxygen atoms in total. The Bertz CT molecular complexity index is 273. The van der Waals surface area contributed by atoms with Crippen LogP contribution in [0.3, 0.4) is 0 Å². The summed E-state index contributed by atoms with van der Waals surface area (Å²) in [6.07, 6.45) is 1.96. The third kappa shape index (κ3) is 4.44. The number of aromatic nitrogens is 2. The number of halogens is 2. The molecule has 0 unspecified atom stereocenters. The van der Waals surface area contributed by atoms with Crippen LogP contribution in [-0.4, -0.2) is 16.3 Å². The van der Waals surface area contributed by atoms with Crippen molar-refractivity contribution in [3.63, 3.8) is 0 Å². The zero-order valence-electron chi connectivity index (χ0n) is 8.75. The molecule has 0 amide bonds. The highest BCUT2D eigenvalue weighted by Gasteiger charge is 2.03. The molecule has 0 atom stereocenters. The van der Waals surface area contributed by atoms with Crippen molar-refractivity contribution in [2.75, 3.05) is 6.54 Å². The lowest BCUT2D eigenvalue weighted by atomic mass is 10.2. The summed E-state index contributed by atoms with van der Waals surface area (Å²) in [4.78, 5) is 0. The predicted molar refractivity (Wildman–Crippen MR) is 64.7 cm³/mol. The van der Waals surface area contributed by atoms with Gasteiger partial charge in [-0.2, -0.15) is 5.10 Å². The van der Waals surface area contributed by atoms with Crippen molar-refractivity contribution in [2.24, 2.45) is 13.0 Å². The number of hydrogen-bond acceptors (Lipinski definition) is 2. The molecular weight excluding hydrogens is 265 g/mol. The molecule has 0 aliphatic carbocycles. The number of rotatable bonds is 4. The van der Waals surface area contributed by atoms with Gasteiger partial charge in [-0.15, -0.1) is 12.4 Å². The largest absolute Gasteiger partial charge is 0.311 e. The first-order chi connectivity index (χ1) is 6.09. The molecular formula is C9H17BrClN3. The Balaban J connectivity index is 0.00000169. The highest BCUT2D eigenvalue weighted by Crippen LogP contribution is 2.13. The highest BCUT2D eigenvalue weighted by atomic mass is 79.9. The van der Waals surface area contributed by atoms with Gasteiger partial charge >= 0.3 is 0 Å². The van der Waals surface area contributed by atoms with Crippen LogP contribution in [0.25, 0.3) is 0 Å². The molecule has 1 aromatic heterocycles. The van der Waals surface area contributed by atoms with E-state index in [2.05, 4.69) is 40.2 Å². The molecule has 0 aliphatic rings. The van der Waals surface area contributed by atoms with Gasteiger partial charge < -0.3 is 5.32 Å². The van der Waals surface area contributed by atoms with Crippen molar-refractivity contribution in [3.05, 3.63) is 16.4 Å². The molecule has 0 spiro atoms. The van der Waals surface area contributed by atoms with Crippen LogP contribution in [0.4, 0.5) is 0 Å². The van der Waals surface area contributed by atoms with Crippen molar-refractivity contribution in [2.45, 2.75) is 20.4 Å². The van der Waals surface area contributed by atoms with Crippen molar-refractivity contribution >= 4 is 28.3 Å². The number of nitrogens with one attached hydrogen (secondary N) is 1. The lowest BCUT2D eigenvalue weighted by Gasteiger charge is -2.05. The fourth-order valence-electron chi connectivity index (χ4n) is 1.10. The Labute approximate surface area is 99.8 Å². The van der Waals surface area contributed by atoms with E-state index in [1.165, 1.54) is 0 Å². The minimum Gasteiger partial charge on any atom is -0.311 e. The Kier molecular flexibility index (Phi) is 6.40. The van der Waals surface area contributed by atoms with E-state index in [1.54, 1.807) is 0 Å². The Hall–Kier alpha value is -0.0600. The molecule has 82 valence electrons. The first-order valence-corrected chi connectivity index (χ1v) is 5.27. The van der Waals surface area contributed by atoms with Gasteiger partial charge in [-0.3, -0.25) is 4.68 Å². The van der Waals surface area contributed by atoms with Gasteiger partial charge in [-0.25, -0.2) is 0 Å². The second-order valence-electron chi connectivity index (χ2n) is 3.62. The van der Waals surface area contributed by atoms with E-state index in [9.17, 15) is 0 Å². The smallest absolute Gasteiger partial charge is 0.0904 e. The minimum atomic E-state index is 0. The molecule has 1 aromatic rings. The maximum atomic E-state index is 4.31. The van der Waals surface area contributed by atoms with Crippen molar-refractivity contribution < 1.29 is 0 Å². The van der Waals surface area contributed by atoms with Crippen molar-refractivity contribution in [1.82, 2.24) is 15.1 Å². The monoisotopic (exact) mass is 281 g/mol. The third-order valence-electron chi connectivity index (χ3n) is 1.70. The molecule has 1 rings (SSSR count). The van der Waals surface area contributed by atoms with Gasteiger partial charge in [0.2, 0.25) is 0 Å². The Morgan fingerprint density at radius 1 is 1.57 bits per heavy atom. The second-order valence-corrected chi connectivity index (χ2v) is 4.48. The molecule has 0 saturated heterocycles. The van der Waals surface area contributed by atoms with Gasteiger partial charge in [0, 0.05) is 19.8 Å². The zero-order chi connectivity index (χ0) is 9.84. The fraction of sp³-hybridized carbons (Fsp3) is 0.667. The highest BCUT2D eigenvalue weighted by molar-refractivity contribution is 9.10. The Morgan fingerprint density at radius 2 is 2.21 bits per heavy atom. The summed E-state index contributed by atoms with van der Waals surface area (Å²) < 4.78 is 2.89. The molecule has 0 fully saturated rings. The molecule has 1 N–H and O–H groups in total. The van der Waals surface area contributed by atoms with E-state index in [0.717, 1.165) is 23.3 Å². The lowest BCUT2D eigenvalue weighted by molar-refractivity contribution is 0.544.